The van der Waals surface area contributed by atoms with E-state index >= 15 is 0 Å². The molecule has 34 heavy (non-hydrogen) atoms. The summed E-state index contributed by atoms with van der Waals surface area (Å²) in [5.74, 6) is 0.907. The van der Waals surface area contributed by atoms with E-state index in [9.17, 15) is 13.2 Å². The molecule has 1 atom stereocenters. The van der Waals surface area contributed by atoms with Crippen molar-refractivity contribution in [3.05, 3.63) is 42.7 Å². The molecule has 4 rings (SSSR count). The number of carbonyl (C=O) groups is 1. The van der Waals surface area contributed by atoms with E-state index < -0.39 is 16.1 Å². The number of aromatic nitrogens is 3. The lowest BCUT2D eigenvalue weighted by Gasteiger charge is -2.30. The van der Waals surface area contributed by atoms with Crippen molar-refractivity contribution in [1.82, 2.24) is 19.3 Å². The van der Waals surface area contributed by atoms with Crippen molar-refractivity contribution in [2.45, 2.75) is 19.4 Å². The number of ether oxygens (including phenoxy) is 3. The second kappa shape index (κ2) is 10.4. The van der Waals surface area contributed by atoms with E-state index in [0.717, 1.165) is 5.56 Å². The minimum atomic E-state index is -3.30. The maximum Gasteiger partial charge on any atom is 0.242 e. The van der Waals surface area contributed by atoms with Gasteiger partial charge >= 0.3 is 0 Å². The highest BCUT2D eigenvalue weighted by Gasteiger charge is 2.27. The van der Waals surface area contributed by atoms with Gasteiger partial charge in [0.2, 0.25) is 15.9 Å². The predicted octanol–water partition coefficient (Wildman–Crippen LogP) is 2.09. The van der Waals surface area contributed by atoms with E-state index in [0.29, 0.717) is 42.0 Å². The van der Waals surface area contributed by atoms with Crippen molar-refractivity contribution >= 4 is 26.8 Å². The lowest BCUT2D eigenvalue weighted by molar-refractivity contribution is -0.120. The number of nitrogens with zero attached hydrogens (tertiary/aromatic N) is 4. The van der Waals surface area contributed by atoms with Gasteiger partial charge in [0.15, 0.2) is 11.3 Å². The molecule has 0 aliphatic carbocycles. The molecule has 0 amide bonds. The quantitative estimate of drug-likeness (QED) is 0.447. The van der Waals surface area contributed by atoms with E-state index in [2.05, 4.69) is 15.0 Å². The molecule has 0 N–H and O–H groups in total. The lowest BCUT2D eigenvalue weighted by atomic mass is 10.1. The fourth-order valence-electron chi connectivity index (χ4n) is 3.45. The molecule has 11 heteroatoms. The molecular weight excluding hydrogens is 460 g/mol. The summed E-state index contributed by atoms with van der Waals surface area (Å²) in [6, 6.07) is 9.05. The van der Waals surface area contributed by atoms with Crippen LogP contribution in [0, 0.1) is 0 Å². The van der Waals surface area contributed by atoms with Gasteiger partial charge < -0.3 is 14.2 Å². The highest BCUT2D eigenvalue weighted by atomic mass is 32.2. The number of rotatable bonds is 9. The van der Waals surface area contributed by atoms with E-state index in [4.69, 9.17) is 14.2 Å². The van der Waals surface area contributed by atoms with Gasteiger partial charge in [-0.2, -0.15) is 4.31 Å². The van der Waals surface area contributed by atoms with Crippen LogP contribution in [0.3, 0.4) is 0 Å². The third kappa shape index (κ3) is 5.85. The standard InChI is InChI=1S/C23H26N4O6S/c1-3-17(28)14-32-18-6-4-16(5-7-18)20-12-21-22(25-9-8-24-21)23(26-20)33-15-19-13-27(10-11-31-19)34(2,29)30/h4-9,12,19H,3,10-11,13-15H2,1-2H3/t19-/m0/s1. The Bertz CT molecular complexity index is 1270. The number of hydrogen-bond acceptors (Lipinski definition) is 9. The minimum Gasteiger partial charge on any atom is -0.486 e. The van der Waals surface area contributed by atoms with Crippen molar-refractivity contribution in [2.75, 3.05) is 39.2 Å². The van der Waals surface area contributed by atoms with Gasteiger partial charge in [0, 0.05) is 37.5 Å². The molecule has 1 aliphatic rings. The highest BCUT2D eigenvalue weighted by Crippen LogP contribution is 2.28. The Kier molecular flexibility index (Phi) is 7.35. The zero-order valence-electron chi connectivity index (χ0n) is 19.0. The summed E-state index contributed by atoms with van der Waals surface area (Å²) in [5, 5.41) is 0. The average molecular weight is 487 g/mol. The third-order valence-corrected chi connectivity index (χ3v) is 6.61. The number of hydrogen-bond donors (Lipinski definition) is 0. The van der Waals surface area contributed by atoms with Crippen LogP contribution in [0.5, 0.6) is 11.6 Å². The Labute approximate surface area is 197 Å². The zero-order valence-corrected chi connectivity index (χ0v) is 19.8. The highest BCUT2D eigenvalue weighted by molar-refractivity contribution is 7.88. The van der Waals surface area contributed by atoms with Crippen molar-refractivity contribution < 1.29 is 27.4 Å². The van der Waals surface area contributed by atoms with Gasteiger partial charge in [-0.3, -0.25) is 9.78 Å². The molecule has 3 aromatic rings. The van der Waals surface area contributed by atoms with Crippen LogP contribution < -0.4 is 9.47 Å². The average Bonchev–Trinajstić information content (AvgIpc) is 2.85. The van der Waals surface area contributed by atoms with Gasteiger partial charge in [-0.25, -0.2) is 18.4 Å². The first-order valence-corrected chi connectivity index (χ1v) is 12.7. The van der Waals surface area contributed by atoms with Crippen molar-refractivity contribution in [2.24, 2.45) is 0 Å². The first-order valence-electron chi connectivity index (χ1n) is 10.9. The molecule has 0 saturated carbocycles. The van der Waals surface area contributed by atoms with Gasteiger partial charge in [-0.1, -0.05) is 6.92 Å². The summed E-state index contributed by atoms with van der Waals surface area (Å²) in [6.45, 7) is 2.79. The zero-order chi connectivity index (χ0) is 24.1. The third-order valence-electron chi connectivity index (χ3n) is 5.35. The maximum atomic E-state index is 11.9. The molecule has 1 aliphatic heterocycles. The van der Waals surface area contributed by atoms with Gasteiger partial charge in [0.25, 0.3) is 0 Å². The van der Waals surface area contributed by atoms with Crippen LogP contribution >= 0.6 is 0 Å². The molecule has 2 aromatic heterocycles. The molecule has 10 nitrogen and oxygen atoms in total. The Morgan fingerprint density at radius 3 is 2.68 bits per heavy atom. The van der Waals surface area contributed by atoms with Crippen LogP contribution in [-0.2, 0) is 19.6 Å². The molecule has 180 valence electrons. The first kappa shape index (κ1) is 24.0. The Morgan fingerprint density at radius 2 is 1.94 bits per heavy atom. The number of ketones is 1. The predicted molar refractivity (Wildman–Crippen MR) is 125 cm³/mol. The van der Waals surface area contributed by atoms with E-state index in [-0.39, 0.29) is 31.4 Å². The first-order chi connectivity index (χ1) is 16.3. The van der Waals surface area contributed by atoms with Crippen LogP contribution in [0.2, 0.25) is 0 Å². The van der Waals surface area contributed by atoms with Gasteiger partial charge in [-0.05, 0) is 30.3 Å². The van der Waals surface area contributed by atoms with Crippen molar-refractivity contribution in [1.29, 1.82) is 0 Å². The fraction of sp³-hybridized carbons (Fsp3) is 0.391. The van der Waals surface area contributed by atoms with Gasteiger partial charge in [0.1, 0.15) is 25.1 Å². The second-order valence-corrected chi connectivity index (χ2v) is 9.85. The number of benzene rings is 1. The molecule has 1 saturated heterocycles. The molecule has 1 fully saturated rings. The summed E-state index contributed by atoms with van der Waals surface area (Å²) in [7, 11) is -3.30. The number of Topliss-reactive ketones (excluding diaryl/α,β-unsaturated/α-hetero) is 1. The SMILES string of the molecule is CCC(=O)COc1ccc(-c2cc3nccnc3c(OC[C@@H]3CN(S(C)(=O)=O)CCO3)n2)cc1. The summed E-state index contributed by atoms with van der Waals surface area (Å²) in [4.78, 5) is 24.8. The van der Waals surface area contributed by atoms with E-state index in [1.165, 1.54) is 10.6 Å². The molecule has 3 heterocycles. The van der Waals surface area contributed by atoms with Crippen LogP contribution in [0.1, 0.15) is 13.3 Å². The number of carbonyl (C=O) groups excluding carboxylic acids is 1. The van der Waals surface area contributed by atoms with E-state index in [1.54, 1.807) is 31.5 Å². The van der Waals surface area contributed by atoms with E-state index in [1.807, 2.05) is 18.2 Å². The molecule has 1 aromatic carbocycles. The normalized spacial score (nSPS) is 16.9. The van der Waals surface area contributed by atoms with Crippen molar-refractivity contribution in [3.63, 3.8) is 0 Å². The molecule has 0 bridgehead atoms. The lowest BCUT2D eigenvalue weighted by Crippen LogP contribution is -2.47. The Balaban J connectivity index is 1.53. The van der Waals surface area contributed by atoms with Crippen LogP contribution in [0.4, 0.5) is 0 Å². The molecule has 0 radical (unpaired) electrons. The Hall–Kier alpha value is -3.15. The number of fused-ring (bicyclic) bond motifs is 1. The van der Waals surface area contributed by atoms with Crippen molar-refractivity contribution in [3.8, 4) is 22.9 Å². The number of sulfonamides is 1. The monoisotopic (exact) mass is 486 g/mol. The summed E-state index contributed by atoms with van der Waals surface area (Å²) >= 11 is 0. The molecule has 0 unspecified atom stereocenters. The van der Waals surface area contributed by atoms with Crippen LogP contribution in [0.25, 0.3) is 22.3 Å². The Morgan fingerprint density at radius 1 is 1.18 bits per heavy atom. The molecule has 0 spiro atoms. The fourth-order valence-corrected chi connectivity index (χ4v) is 4.29. The molecular formula is C23H26N4O6S. The maximum absolute atomic E-state index is 11.9. The van der Waals surface area contributed by atoms with Crippen LogP contribution in [0.15, 0.2) is 42.7 Å². The minimum absolute atomic E-state index is 0.0299. The summed E-state index contributed by atoms with van der Waals surface area (Å²) in [5.41, 5.74) is 2.55. The van der Waals surface area contributed by atoms with Gasteiger partial charge in [0.05, 0.1) is 24.1 Å². The topological polar surface area (TPSA) is 121 Å². The smallest absolute Gasteiger partial charge is 0.242 e. The largest absolute Gasteiger partial charge is 0.486 e. The second-order valence-electron chi connectivity index (χ2n) is 7.87. The summed E-state index contributed by atoms with van der Waals surface area (Å²) < 4.78 is 42.3. The van der Waals surface area contributed by atoms with Gasteiger partial charge in [-0.15, -0.1) is 0 Å². The summed E-state index contributed by atoms with van der Waals surface area (Å²) in [6.07, 6.45) is 4.33. The number of pyridine rings is 1. The number of morpholine rings is 1. The van der Waals surface area contributed by atoms with Crippen LogP contribution in [-0.4, -0.2) is 78.7 Å².